The zero-order chi connectivity index (χ0) is 13.1. The first-order chi connectivity index (χ1) is 8.60. The van der Waals surface area contributed by atoms with Crippen LogP contribution in [0.3, 0.4) is 0 Å². The molecule has 0 saturated carbocycles. The predicted molar refractivity (Wildman–Crippen MR) is 74.5 cm³/mol. The molecule has 1 atom stereocenters. The summed E-state index contributed by atoms with van der Waals surface area (Å²) in [4.78, 5) is 4.58. The van der Waals surface area contributed by atoms with Crippen LogP contribution in [0.25, 0.3) is 0 Å². The van der Waals surface area contributed by atoms with E-state index in [-0.39, 0.29) is 6.04 Å². The standard InChI is InChI=1S/C15H21N3/c1-4-15-17-14(12(3)16)10-18(15)9-13-7-5-6-11(2)8-13/h5-8,10,12H,4,9,16H2,1-3H3/t12-/m1/s1. The van der Waals surface area contributed by atoms with Crippen LogP contribution in [0.1, 0.15) is 42.5 Å². The minimum Gasteiger partial charge on any atom is -0.330 e. The molecule has 0 saturated heterocycles. The van der Waals surface area contributed by atoms with Crippen molar-refractivity contribution in [3.8, 4) is 0 Å². The zero-order valence-electron chi connectivity index (χ0n) is 11.4. The Bertz CT molecular complexity index is 526. The van der Waals surface area contributed by atoms with Crippen LogP contribution in [0, 0.1) is 6.92 Å². The molecule has 0 aliphatic carbocycles. The van der Waals surface area contributed by atoms with E-state index in [1.54, 1.807) is 0 Å². The molecule has 2 N–H and O–H groups in total. The maximum absolute atomic E-state index is 5.89. The number of aromatic nitrogens is 2. The minimum absolute atomic E-state index is 0.00550. The number of nitrogens with two attached hydrogens (primary N) is 1. The van der Waals surface area contributed by atoms with Crippen molar-refractivity contribution in [2.75, 3.05) is 0 Å². The highest BCUT2D eigenvalue weighted by Gasteiger charge is 2.09. The molecule has 0 unspecified atom stereocenters. The van der Waals surface area contributed by atoms with E-state index in [1.807, 2.05) is 6.92 Å². The molecule has 0 fully saturated rings. The summed E-state index contributed by atoms with van der Waals surface area (Å²) in [5, 5.41) is 0. The van der Waals surface area contributed by atoms with Gasteiger partial charge in [0, 0.05) is 25.2 Å². The average molecular weight is 243 g/mol. The smallest absolute Gasteiger partial charge is 0.109 e. The lowest BCUT2D eigenvalue weighted by Gasteiger charge is -2.07. The van der Waals surface area contributed by atoms with E-state index in [1.165, 1.54) is 11.1 Å². The maximum Gasteiger partial charge on any atom is 0.109 e. The Morgan fingerprint density at radius 3 is 2.78 bits per heavy atom. The molecule has 1 aromatic heterocycles. The number of nitrogens with zero attached hydrogens (tertiary/aromatic N) is 2. The fourth-order valence-corrected chi connectivity index (χ4v) is 2.12. The Labute approximate surface area is 109 Å². The molecule has 96 valence electrons. The van der Waals surface area contributed by atoms with Gasteiger partial charge in [0.15, 0.2) is 0 Å². The molecule has 0 radical (unpaired) electrons. The van der Waals surface area contributed by atoms with Gasteiger partial charge in [0.2, 0.25) is 0 Å². The van der Waals surface area contributed by atoms with Crippen molar-refractivity contribution in [1.29, 1.82) is 0 Å². The van der Waals surface area contributed by atoms with Gasteiger partial charge >= 0.3 is 0 Å². The van der Waals surface area contributed by atoms with E-state index in [9.17, 15) is 0 Å². The molecular weight excluding hydrogens is 222 g/mol. The molecule has 0 spiro atoms. The SMILES string of the molecule is CCc1nc([C@@H](C)N)cn1Cc1cccc(C)c1. The summed E-state index contributed by atoms with van der Waals surface area (Å²) >= 11 is 0. The summed E-state index contributed by atoms with van der Waals surface area (Å²) in [5.41, 5.74) is 9.46. The molecule has 1 heterocycles. The van der Waals surface area contributed by atoms with Crippen molar-refractivity contribution >= 4 is 0 Å². The first kappa shape index (κ1) is 12.8. The second-order valence-electron chi connectivity index (χ2n) is 4.84. The Balaban J connectivity index is 2.28. The molecule has 3 heteroatoms. The summed E-state index contributed by atoms with van der Waals surface area (Å²) in [6.07, 6.45) is 3.00. The average Bonchev–Trinajstić information content (AvgIpc) is 2.72. The second-order valence-corrected chi connectivity index (χ2v) is 4.84. The number of aryl methyl sites for hydroxylation is 2. The van der Waals surface area contributed by atoms with Gasteiger partial charge < -0.3 is 10.3 Å². The number of benzene rings is 1. The van der Waals surface area contributed by atoms with Crippen molar-refractivity contribution in [2.24, 2.45) is 5.73 Å². The number of imidazole rings is 1. The van der Waals surface area contributed by atoms with Gasteiger partial charge in [-0.25, -0.2) is 4.98 Å². The minimum atomic E-state index is -0.00550. The van der Waals surface area contributed by atoms with Gasteiger partial charge in [-0.1, -0.05) is 36.8 Å². The van der Waals surface area contributed by atoms with Crippen LogP contribution in [0.5, 0.6) is 0 Å². The quantitative estimate of drug-likeness (QED) is 0.897. The normalized spacial score (nSPS) is 12.7. The Kier molecular flexibility index (Phi) is 3.82. The summed E-state index contributed by atoms with van der Waals surface area (Å²) in [5.74, 6) is 1.10. The van der Waals surface area contributed by atoms with Gasteiger partial charge in [0.05, 0.1) is 5.69 Å². The predicted octanol–water partition coefficient (Wildman–Crippen LogP) is 2.82. The number of rotatable bonds is 4. The lowest BCUT2D eigenvalue weighted by atomic mass is 10.1. The highest BCUT2D eigenvalue weighted by Crippen LogP contribution is 2.13. The monoisotopic (exact) mass is 243 g/mol. The fraction of sp³-hybridized carbons (Fsp3) is 0.400. The Hall–Kier alpha value is -1.61. The number of hydrogen-bond donors (Lipinski definition) is 1. The molecule has 0 aliphatic rings. The fourth-order valence-electron chi connectivity index (χ4n) is 2.12. The van der Waals surface area contributed by atoms with Crippen LogP contribution in [0.2, 0.25) is 0 Å². The van der Waals surface area contributed by atoms with Crippen molar-refractivity contribution in [3.05, 3.63) is 53.1 Å². The van der Waals surface area contributed by atoms with E-state index in [0.29, 0.717) is 0 Å². The largest absolute Gasteiger partial charge is 0.330 e. The Morgan fingerprint density at radius 1 is 1.39 bits per heavy atom. The third-order valence-electron chi connectivity index (χ3n) is 3.10. The van der Waals surface area contributed by atoms with Crippen LogP contribution < -0.4 is 5.73 Å². The van der Waals surface area contributed by atoms with E-state index >= 15 is 0 Å². The summed E-state index contributed by atoms with van der Waals surface area (Å²) < 4.78 is 2.20. The van der Waals surface area contributed by atoms with Crippen LogP contribution in [-0.4, -0.2) is 9.55 Å². The molecule has 2 aromatic rings. The molecule has 18 heavy (non-hydrogen) atoms. The maximum atomic E-state index is 5.89. The van der Waals surface area contributed by atoms with Crippen molar-refractivity contribution < 1.29 is 0 Å². The third kappa shape index (κ3) is 2.79. The molecule has 1 aromatic carbocycles. The van der Waals surface area contributed by atoms with Gasteiger partial charge in [0.25, 0.3) is 0 Å². The Morgan fingerprint density at radius 2 is 2.17 bits per heavy atom. The number of hydrogen-bond acceptors (Lipinski definition) is 2. The van der Waals surface area contributed by atoms with Gasteiger partial charge in [-0.3, -0.25) is 0 Å². The van der Waals surface area contributed by atoms with E-state index < -0.39 is 0 Å². The first-order valence-electron chi connectivity index (χ1n) is 6.47. The third-order valence-corrected chi connectivity index (χ3v) is 3.10. The molecule has 2 rings (SSSR count). The van der Waals surface area contributed by atoms with Gasteiger partial charge in [-0.15, -0.1) is 0 Å². The van der Waals surface area contributed by atoms with Crippen LogP contribution in [-0.2, 0) is 13.0 Å². The van der Waals surface area contributed by atoms with E-state index in [0.717, 1.165) is 24.5 Å². The topological polar surface area (TPSA) is 43.8 Å². The summed E-state index contributed by atoms with van der Waals surface area (Å²) in [6.45, 7) is 7.08. The van der Waals surface area contributed by atoms with Gasteiger partial charge in [-0.05, 0) is 19.4 Å². The summed E-state index contributed by atoms with van der Waals surface area (Å²) in [6, 6.07) is 8.57. The van der Waals surface area contributed by atoms with Gasteiger partial charge in [-0.2, -0.15) is 0 Å². The first-order valence-corrected chi connectivity index (χ1v) is 6.47. The zero-order valence-corrected chi connectivity index (χ0v) is 11.4. The van der Waals surface area contributed by atoms with Crippen LogP contribution >= 0.6 is 0 Å². The molecular formula is C15H21N3. The lowest BCUT2D eigenvalue weighted by molar-refractivity contribution is 0.732. The lowest BCUT2D eigenvalue weighted by Crippen LogP contribution is -2.05. The van der Waals surface area contributed by atoms with Crippen LogP contribution in [0.15, 0.2) is 30.5 Å². The molecule has 0 amide bonds. The molecule has 0 aliphatic heterocycles. The molecule has 0 bridgehead atoms. The van der Waals surface area contributed by atoms with E-state index in [2.05, 4.69) is 53.9 Å². The molecule has 3 nitrogen and oxygen atoms in total. The van der Waals surface area contributed by atoms with Crippen molar-refractivity contribution in [1.82, 2.24) is 9.55 Å². The van der Waals surface area contributed by atoms with Crippen LogP contribution in [0.4, 0.5) is 0 Å². The van der Waals surface area contributed by atoms with Crippen molar-refractivity contribution in [2.45, 2.75) is 39.8 Å². The second kappa shape index (κ2) is 5.36. The van der Waals surface area contributed by atoms with Crippen molar-refractivity contribution in [3.63, 3.8) is 0 Å². The van der Waals surface area contributed by atoms with E-state index in [4.69, 9.17) is 5.73 Å². The summed E-state index contributed by atoms with van der Waals surface area (Å²) in [7, 11) is 0. The highest BCUT2D eigenvalue weighted by atomic mass is 15.1. The van der Waals surface area contributed by atoms with Gasteiger partial charge in [0.1, 0.15) is 5.82 Å². The highest BCUT2D eigenvalue weighted by molar-refractivity contribution is 5.23.